The Kier molecular flexibility index (Phi) is 17.4. The van der Waals surface area contributed by atoms with Crippen molar-refractivity contribution in [3.63, 3.8) is 0 Å². The Morgan fingerprint density at radius 3 is 1.82 bits per heavy atom. The van der Waals surface area contributed by atoms with Crippen molar-refractivity contribution < 1.29 is 52.6 Å². The van der Waals surface area contributed by atoms with Crippen molar-refractivity contribution >= 4 is 11.9 Å². The van der Waals surface area contributed by atoms with E-state index >= 15 is 0 Å². The van der Waals surface area contributed by atoms with Gasteiger partial charge in [-0.05, 0) is 23.6 Å². The van der Waals surface area contributed by atoms with Crippen molar-refractivity contribution in [3.05, 3.63) is 70.8 Å². The molecule has 4 atom stereocenters. The number of carbonyl (C=O) groups is 2. The van der Waals surface area contributed by atoms with Crippen molar-refractivity contribution in [1.29, 1.82) is 0 Å². The monoisotopic (exact) mass is 688 g/mol. The van der Waals surface area contributed by atoms with Gasteiger partial charge in [-0.1, -0.05) is 48.5 Å². The van der Waals surface area contributed by atoms with Crippen LogP contribution in [-0.2, 0) is 60.6 Å². The Labute approximate surface area is 289 Å². The minimum absolute atomic E-state index is 0.0264. The first-order chi connectivity index (χ1) is 23.9. The molecule has 0 saturated carbocycles. The smallest absolute Gasteiger partial charge is 0.303 e. The summed E-state index contributed by atoms with van der Waals surface area (Å²) < 4.78 is 46.5. The normalized spacial score (nSPS) is 23.4. The summed E-state index contributed by atoms with van der Waals surface area (Å²) in [6.07, 6.45) is -1.25. The highest BCUT2D eigenvalue weighted by Crippen LogP contribution is 2.38. The van der Waals surface area contributed by atoms with Gasteiger partial charge in [0.1, 0.15) is 0 Å². The van der Waals surface area contributed by atoms with Crippen LogP contribution >= 0.6 is 0 Å². The summed E-state index contributed by atoms with van der Waals surface area (Å²) in [5.74, 6) is -0.873. The molecule has 2 N–H and O–H groups in total. The molecule has 2 aromatic rings. The lowest BCUT2D eigenvalue weighted by molar-refractivity contribution is -0.253. The Balaban J connectivity index is 1.41. The van der Waals surface area contributed by atoms with Gasteiger partial charge in [-0.25, -0.2) is 0 Å². The molecule has 0 radical (unpaired) electrons. The minimum atomic E-state index is -0.869. The zero-order chi connectivity index (χ0) is 34.7. The van der Waals surface area contributed by atoms with Gasteiger partial charge in [-0.3, -0.25) is 14.5 Å². The van der Waals surface area contributed by atoms with Gasteiger partial charge in [0.15, 0.2) is 12.4 Å². The lowest BCUT2D eigenvalue weighted by Gasteiger charge is -2.38. The zero-order valence-electron chi connectivity index (χ0n) is 28.7. The molecule has 13 nitrogen and oxygen atoms in total. The predicted molar refractivity (Wildman–Crippen MR) is 178 cm³/mol. The van der Waals surface area contributed by atoms with Crippen LogP contribution in [0.15, 0.2) is 48.5 Å². The quantitative estimate of drug-likeness (QED) is 0.374. The molecule has 4 rings (SSSR count). The van der Waals surface area contributed by atoms with Crippen molar-refractivity contribution in [2.45, 2.75) is 58.0 Å². The van der Waals surface area contributed by atoms with Crippen molar-refractivity contribution in [2.75, 3.05) is 85.7 Å². The van der Waals surface area contributed by atoms with Crippen LogP contribution in [0.5, 0.6) is 0 Å². The molecule has 2 aliphatic rings. The number of ether oxygens (including phenoxy) is 8. The fourth-order valence-corrected chi connectivity index (χ4v) is 5.41. The fourth-order valence-electron chi connectivity index (χ4n) is 5.41. The molecule has 4 unspecified atom stereocenters. The van der Waals surface area contributed by atoms with Crippen LogP contribution in [0.3, 0.4) is 0 Å². The second-order valence-corrected chi connectivity index (χ2v) is 11.9. The highest BCUT2D eigenvalue weighted by atomic mass is 16.7. The van der Waals surface area contributed by atoms with Crippen LogP contribution in [0, 0.1) is 0 Å². The van der Waals surface area contributed by atoms with E-state index in [0.717, 1.165) is 22.3 Å². The molecule has 2 heterocycles. The molecule has 0 spiro atoms. The number of aliphatic hydroxyl groups excluding tert-OH is 1. The molecule has 2 fully saturated rings. The number of aliphatic hydroxyl groups is 1. The summed E-state index contributed by atoms with van der Waals surface area (Å²) >= 11 is 0. The number of benzene rings is 2. The first-order valence-corrected chi connectivity index (χ1v) is 17.1. The molecule has 1 amide bonds. The molecular formula is C36H52N2O11. The SMILES string of the molecule is CC(=O)OC(C)C(=O)NCc1ccc(C2OC(CN3CCOCCOCCOCCOCCOCC3)CC(c3ccc(CO)cc3)O2)cc1. The Morgan fingerprint density at radius 2 is 1.29 bits per heavy atom. The summed E-state index contributed by atoms with van der Waals surface area (Å²) in [6.45, 7) is 10.3. The number of hydrogen-bond donors (Lipinski definition) is 2. The summed E-state index contributed by atoms with van der Waals surface area (Å²) in [7, 11) is 0. The standard InChI is InChI=1S/C36H52N2O11/c1-27(47-28(2)40)35(41)37-24-29-3-9-32(10-4-29)36-48-33(23-34(49-36)31-7-5-30(26-39)6-8-31)25-38-11-13-42-15-17-44-19-21-46-22-20-45-18-16-43-14-12-38/h3-10,27,33-34,36,39H,11-26H2,1-2H3,(H,37,41). The van der Waals surface area contributed by atoms with E-state index in [1.807, 2.05) is 48.5 Å². The molecule has 0 aromatic heterocycles. The lowest BCUT2D eigenvalue weighted by Crippen LogP contribution is -2.42. The highest BCUT2D eigenvalue weighted by Gasteiger charge is 2.33. The van der Waals surface area contributed by atoms with Gasteiger partial charge < -0.3 is 48.3 Å². The van der Waals surface area contributed by atoms with Gasteiger partial charge in [0, 0.05) is 45.1 Å². The molecule has 2 aromatic carbocycles. The summed E-state index contributed by atoms with van der Waals surface area (Å²) in [5, 5.41) is 12.4. The van der Waals surface area contributed by atoms with Crippen molar-refractivity contribution in [1.82, 2.24) is 10.2 Å². The largest absolute Gasteiger partial charge is 0.453 e. The molecule has 13 heteroatoms. The molecule has 0 bridgehead atoms. The number of esters is 1. The maximum Gasteiger partial charge on any atom is 0.303 e. The van der Waals surface area contributed by atoms with E-state index < -0.39 is 18.4 Å². The number of nitrogens with zero attached hydrogens (tertiary/aromatic N) is 1. The van der Waals surface area contributed by atoms with Crippen LogP contribution < -0.4 is 5.32 Å². The molecule has 49 heavy (non-hydrogen) atoms. The topological polar surface area (TPSA) is 143 Å². The van der Waals surface area contributed by atoms with Crippen molar-refractivity contribution in [2.24, 2.45) is 0 Å². The summed E-state index contributed by atoms with van der Waals surface area (Å²) in [6, 6.07) is 15.5. The summed E-state index contributed by atoms with van der Waals surface area (Å²) in [5.41, 5.74) is 3.57. The predicted octanol–water partition coefficient (Wildman–Crippen LogP) is 2.69. The third kappa shape index (κ3) is 14.4. The second kappa shape index (κ2) is 22.0. The first kappa shape index (κ1) is 38.8. The van der Waals surface area contributed by atoms with Crippen LogP contribution in [-0.4, -0.2) is 120 Å². The summed E-state index contributed by atoms with van der Waals surface area (Å²) in [4.78, 5) is 25.8. The molecule has 272 valence electrons. The van der Waals surface area contributed by atoms with E-state index in [4.69, 9.17) is 37.9 Å². The average molecular weight is 689 g/mol. The minimum Gasteiger partial charge on any atom is -0.453 e. The number of amides is 1. The van der Waals surface area contributed by atoms with Crippen LogP contribution in [0.25, 0.3) is 0 Å². The first-order valence-electron chi connectivity index (χ1n) is 17.1. The van der Waals surface area contributed by atoms with E-state index in [1.165, 1.54) is 13.8 Å². The van der Waals surface area contributed by atoms with Gasteiger partial charge in [0.25, 0.3) is 5.91 Å². The average Bonchev–Trinajstić information content (AvgIpc) is 3.11. The van der Waals surface area contributed by atoms with Gasteiger partial charge in [0.05, 0.1) is 84.9 Å². The van der Waals surface area contributed by atoms with E-state index in [0.29, 0.717) is 92.1 Å². The number of rotatable bonds is 9. The van der Waals surface area contributed by atoms with Crippen LogP contribution in [0.4, 0.5) is 0 Å². The third-order valence-corrected chi connectivity index (χ3v) is 8.10. The number of hydrogen-bond acceptors (Lipinski definition) is 12. The Bertz CT molecular complexity index is 1210. The highest BCUT2D eigenvalue weighted by molar-refractivity contribution is 5.82. The molecule has 2 aliphatic heterocycles. The van der Waals surface area contributed by atoms with E-state index in [-0.39, 0.29) is 31.3 Å². The molecule has 2 saturated heterocycles. The molecule has 0 aliphatic carbocycles. The van der Waals surface area contributed by atoms with Gasteiger partial charge in [0.2, 0.25) is 0 Å². The zero-order valence-corrected chi connectivity index (χ0v) is 28.7. The van der Waals surface area contributed by atoms with Gasteiger partial charge in [-0.15, -0.1) is 0 Å². The van der Waals surface area contributed by atoms with Gasteiger partial charge >= 0.3 is 5.97 Å². The van der Waals surface area contributed by atoms with E-state index in [9.17, 15) is 14.7 Å². The molecular weight excluding hydrogens is 636 g/mol. The van der Waals surface area contributed by atoms with Crippen LogP contribution in [0.1, 0.15) is 54.9 Å². The van der Waals surface area contributed by atoms with Crippen LogP contribution in [0.2, 0.25) is 0 Å². The third-order valence-electron chi connectivity index (χ3n) is 8.10. The second-order valence-electron chi connectivity index (χ2n) is 11.9. The number of carbonyl (C=O) groups excluding carboxylic acids is 2. The van der Waals surface area contributed by atoms with E-state index in [1.54, 1.807) is 0 Å². The van der Waals surface area contributed by atoms with Crippen molar-refractivity contribution in [3.8, 4) is 0 Å². The van der Waals surface area contributed by atoms with E-state index in [2.05, 4.69) is 10.2 Å². The lowest BCUT2D eigenvalue weighted by atomic mass is 9.99. The Morgan fingerprint density at radius 1 is 0.776 bits per heavy atom. The maximum absolute atomic E-state index is 12.3. The number of nitrogens with one attached hydrogen (secondary N) is 1. The fraction of sp³-hybridized carbons (Fsp3) is 0.611. The van der Waals surface area contributed by atoms with Gasteiger partial charge in [-0.2, -0.15) is 0 Å². The maximum atomic E-state index is 12.3. The Hall–Kier alpha value is -2.98.